The van der Waals surface area contributed by atoms with Gasteiger partial charge in [0.05, 0.1) is 13.2 Å². The maximum atomic E-state index is 12.8. The standard InChI is InChI=1S/C33H59N3O13Si/c1-12-14-16-42-26-23(35-36-34)31(49-50(10,11)33(7,8)19(3)4)46-22(18-44-20(5)37)25(26)47-32-29(45-21(6)38)27(43-17-15-13-2)24(39)28(48-32)30(40)41-9/h19,22-29,31-32,39H,12-18H2,1-11H3/t22?,23-,24-,25+,26?,27?,28?,29-,31-,32+/m0/s1. The minimum Gasteiger partial charge on any atom is -0.467 e. The highest BCUT2D eigenvalue weighted by Gasteiger charge is 2.57. The molecule has 0 saturated carbocycles. The van der Waals surface area contributed by atoms with Crippen LogP contribution in [0.5, 0.6) is 0 Å². The number of carbonyl (C=O) groups excluding carboxylic acids is 3. The summed E-state index contributed by atoms with van der Waals surface area (Å²) in [5.41, 5.74) is 9.77. The molecule has 50 heavy (non-hydrogen) atoms. The normalized spacial score (nSPS) is 30.3. The van der Waals surface area contributed by atoms with Crippen molar-refractivity contribution in [2.24, 2.45) is 11.0 Å². The van der Waals surface area contributed by atoms with Crippen LogP contribution >= 0.6 is 0 Å². The van der Waals surface area contributed by atoms with Gasteiger partial charge in [0.1, 0.15) is 37.1 Å². The van der Waals surface area contributed by atoms with E-state index in [0.29, 0.717) is 12.8 Å². The van der Waals surface area contributed by atoms with E-state index in [1.54, 1.807) is 0 Å². The van der Waals surface area contributed by atoms with E-state index in [-0.39, 0.29) is 30.8 Å². The van der Waals surface area contributed by atoms with Crippen molar-refractivity contribution in [1.29, 1.82) is 0 Å². The van der Waals surface area contributed by atoms with E-state index in [1.807, 2.05) is 13.8 Å². The Labute approximate surface area is 296 Å². The summed E-state index contributed by atoms with van der Waals surface area (Å²) < 4.78 is 54.0. The largest absolute Gasteiger partial charge is 0.467 e. The van der Waals surface area contributed by atoms with Crippen molar-refractivity contribution in [1.82, 2.24) is 0 Å². The van der Waals surface area contributed by atoms with E-state index in [9.17, 15) is 25.0 Å². The Morgan fingerprint density at radius 1 is 0.940 bits per heavy atom. The fourth-order valence-corrected chi connectivity index (χ4v) is 8.10. The number of aliphatic hydroxyl groups excluding tert-OH is 1. The lowest BCUT2D eigenvalue weighted by Gasteiger charge is -2.51. The van der Waals surface area contributed by atoms with Crippen LogP contribution < -0.4 is 0 Å². The van der Waals surface area contributed by atoms with Gasteiger partial charge in [0.15, 0.2) is 33.1 Å². The Kier molecular flexibility index (Phi) is 17.6. The summed E-state index contributed by atoms with van der Waals surface area (Å²) in [5.74, 6) is -2.00. The molecule has 2 aliphatic heterocycles. The second kappa shape index (κ2) is 20.0. The monoisotopic (exact) mass is 733 g/mol. The van der Waals surface area contributed by atoms with E-state index in [2.05, 4.69) is 50.8 Å². The molecule has 2 rings (SSSR count). The number of carbonyl (C=O) groups is 3. The highest BCUT2D eigenvalue weighted by molar-refractivity contribution is 6.74. The third-order valence-corrected chi connectivity index (χ3v) is 14.3. The number of azide groups is 1. The van der Waals surface area contributed by atoms with Crippen molar-refractivity contribution >= 4 is 26.2 Å². The Bertz CT molecular complexity index is 1150. The van der Waals surface area contributed by atoms with Crippen LogP contribution in [0.3, 0.4) is 0 Å². The number of unbranched alkanes of at least 4 members (excludes halogenated alkanes) is 2. The summed E-state index contributed by atoms with van der Waals surface area (Å²) in [6.07, 6.45) is -9.05. The molecule has 0 aliphatic carbocycles. The molecule has 17 heteroatoms. The lowest BCUT2D eigenvalue weighted by atomic mass is 9.95. The Balaban J connectivity index is 2.71. The van der Waals surface area contributed by atoms with Gasteiger partial charge >= 0.3 is 17.9 Å². The van der Waals surface area contributed by atoms with Crippen LogP contribution in [0.25, 0.3) is 10.4 Å². The third kappa shape index (κ3) is 11.3. The van der Waals surface area contributed by atoms with Crippen molar-refractivity contribution in [3.05, 3.63) is 10.4 Å². The highest BCUT2D eigenvalue weighted by atomic mass is 28.4. The van der Waals surface area contributed by atoms with Crippen LogP contribution in [0, 0.1) is 5.92 Å². The number of ether oxygens (including phenoxy) is 8. The molecule has 16 nitrogen and oxygen atoms in total. The Morgan fingerprint density at radius 2 is 1.54 bits per heavy atom. The summed E-state index contributed by atoms with van der Waals surface area (Å²) in [4.78, 5) is 40.4. The Hall–Kier alpha value is -2.34. The molecule has 0 aromatic heterocycles. The maximum Gasteiger partial charge on any atom is 0.337 e. The first-order valence-electron chi connectivity index (χ1n) is 17.4. The molecule has 1 N–H and O–H groups in total. The molecule has 2 aliphatic rings. The molecular weight excluding hydrogens is 674 g/mol. The Morgan fingerprint density at radius 3 is 2.04 bits per heavy atom. The molecule has 4 unspecified atom stereocenters. The molecule has 0 aromatic carbocycles. The quantitative estimate of drug-likeness (QED) is 0.0368. The maximum absolute atomic E-state index is 12.8. The van der Waals surface area contributed by atoms with Gasteiger partial charge in [-0.2, -0.15) is 0 Å². The predicted molar refractivity (Wildman–Crippen MR) is 182 cm³/mol. The van der Waals surface area contributed by atoms with Gasteiger partial charge < -0.3 is 47.4 Å². The van der Waals surface area contributed by atoms with Crippen molar-refractivity contribution < 1.29 is 61.8 Å². The summed E-state index contributed by atoms with van der Waals surface area (Å²) >= 11 is 0. The second-order valence-electron chi connectivity index (χ2n) is 14.0. The second-order valence-corrected chi connectivity index (χ2v) is 18.6. The van der Waals surface area contributed by atoms with Gasteiger partial charge in [-0.1, -0.05) is 59.5 Å². The average molecular weight is 734 g/mol. The predicted octanol–water partition coefficient (Wildman–Crippen LogP) is 4.56. The third-order valence-electron chi connectivity index (χ3n) is 9.82. The highest BCUT2D eigenvalue weighted by Crippen LogP contribution is 2.46. The van der Waals surface area contributed by atoms with Crippen LogP contribution in [0.4, 0.5) is 0 Å². The number of esters is 3. The van der Waals surface area contributed by atoms with Gasteiger partial charge in [0.25, 0.3) is 0 Å². The zero-order valence-corrected chi connectivity index (χ0v) is 32.5. The van der Waals surface area contributed by atoms with Crippen molar-refractivity contribution in [3.8, 4) is 0 Å². The lowest BCUT2D eigenvalue weighted by molar-refractivity contribution is -0.345. The van der Waals surface area contributed by atoms with Gasteiger partial charge in [0, 0.05) is 32.0 Å². The minimum absolute atomic E-state index is 0.172. The minimum atomic E-state index is -2.64. The summed E-state index contributed by atoms with van der Waals surface area (Å²) in [5, 5.41) is 15.0. The van der Waals surface area contributed by atoms with Gasteiger partial charge in [-0.3, -0.25) is 9.59 Å². The summed E-state index contributed by atoms with van der Waals surface area (Å²) in [6.45, 7) is 19.0. The fraction of sp³-hybridized carbons (Fsp3) is 0.909. The molecule has 0 bridgehead atoms. The summed E-state index contributed by atoms with van der Waals surface area (Å²) in [6, 6.07) is -1.10. The fourth-order valence-electron chi connectivity index (χ4n) is 5.63. The van der Waals surface area contributed by atoms with Crippen LogP contribution in [0.2, 0.25) is 18.1 Å². The number of rotatable bonds is 19. The van der Waals surface area contributed by atoms with Gasteiger partial charge in [-0.05, 0) is 42.4 Å². The zero-order chi connectivity index (χ0) is 37.8. The molecule has 0 spiro atoms. The molecule has 2 heterocycles. The molecule has 2 saturated heterocycles. The number of aliphatic hydroxyl groups is 1. The topological polar surface area (TPSA) is 203 Å². The van der Waals surface area contributed by atoms with E-state index in [0.717, 1.165) is 20.0 Å². The SMILES string of the molecule is CCCCOC1[C@H](O[C@@H]2OC(C(=O)OC)[C@@H](O)C(OCCCC)[C@@H]2OC(C)=O)C(COC(C)=O)O[C@@H](O[Si](C)(C)C(C)(C)C(C)C)[C@H]1N=[N+]=[N-]. The van der Waals surface area contributed by atoms with Crippen LogP contribution in [-0.4, -0.2) is 120 Å². The zero-order valence-electron chi connectivity index (χ0n) is 31.5. The number of nitrogens with zero attached hydrogens (tertiary/aromatic N) is 3. The molecule has 2 fully saturated rings. The van der Waals surface area contributed by atoms with E-state index < -0.39 is 87.6 Å². The first-order chi connectivity index (χ1) is 23.5. The van der Waals surface area contributed by atoms with Crippen LogP contribution in [0.15, 0.2) is 5.11 Å². The van der Waals surface area contributed by atoms with E-state index >= 15 is 0 Å². The van der Waals surface area contributed by atoms with E-state index in [1.165, 1.54) is 13.8 Å². The van der Waals surface area contributed by atoms with Crippen LogP contribution in [-0.2, 0) is 56.7 Å². The summed E-state index contributed by atoms with van der Waals surface area (Å²) in [7, 11) is -1.50. The first-order valence-corrected chi connectivity index (χ1v) is 20.4. The molecule has 0 aromatic rings. The molecular formula is C33H59N3O13Si. The number of hydrogen-bond donors (Lipinski definition) is 1. The number of methoxy groups -OCH3 is 1. The van der Waals surface area contributed by atoms with Gasteiger partial charge in [-0.25, -0.2) is 4.79 Å². The van der Waals surface area contributed by atoms with Crippen molar-refractivity contribution in [3.63, 3.8) is 0 Å². The van der Waals surface area contributed by atoms with Gasteiger partial charge in [-0.15, -0.1) is 0 Å². The smallest absolute Gasteiger partial charge is 0.337 e. The number of hydrogen-bond acceptors (Lipinski definition) is 14. The van der Waals surface area contributed by atoms with Crippen molar-refractivity contribution in [2.75, 3.05) is 26.9 Å². The van der Waals surface area contributed by atoms with Gasteiger partial charge in [0.2, 0.25) is 0 Å². The molecule has 0 radical (unpaired) electrons. The lowest BCUT2D eigenvalue weighted by Crippen LogP contribution is -2.67. The first kappa shape index (κ1) is 43.8. The molecule has 10 atom stereocenters. The average Bonchev–Trinajstić information content (AvgIpc) is 3.04. The van der Waals surface area contributed by atoms with Crippen molar-refractivity contribution in [2.45, 2.75) is 161 Å². The van der Waals surface area contributed by atoms with E-state index in [4.69, 9.17) is 42.3 Å². The van der Waals surface area contributed by atoms with Crippen LogP contribution in [0.1, 0.15) is 81.1 Å². The molecule has 288 valence electrons. The molecule has 0 amide bonds.